The number of anilines is 1. The minimum atomic E-state index is 0.584. The molecule has 2 heterocycles. The third-order valence-corrected chi connectivity index (χ3v) is 2.52. The van der Waals surface area contributed by atoms with Crippen LogP contribution in [0.5, 0.6) is 0 Å². The summed E-state index contributed by atoms with van der Waals surface area (Å²) < 4.78 is 0. The first-order valence-electron chi connectivity index (χ1n) is 3.82. The number of rotatable bonds is 2. The van der Waals surface area contributed by atoms with E-state index in [0.717, 1.165) is 18.2 Å². The van der Waals surface area contributed by atoms with Crippen molar-refractivity contribution in [1.29, 1.82) is 0 Å². The van der Waals surface area contributed by atoms with Crippen LogP contribution in [0.2, 0.25) is 0 Å². The molecule has 0 bridgehead atoms. The predicted molar refractivity (Wildman–Crippen MR) is 47.0 cm³/mol. The molecular weight excluding hydrogens is 158 g/mol. The molecule has 1 saturated heterocycles. The molecule has 0 saturated carbocycles. The fourth-order valence-corrected chi connectivity index (χ4v) is 1.85. The summed E-state index contributed by atoms with van der Waals surface area (Å²) in [7, 11) is 0. The monoisotopic (exact) mass is 169 g/mol. The second kappa shape index (κ2) is 3.19. The van der Waals surface area contributed by atoms with Gasteiger partial charge in [-0.25, -0.2) is 4.98 Å². The highest BCUT2D eigenvalue weighted by atomic mass is 32.1. The molecule has 60 valence electrons. The summed E-state index contributed by atoms with van der Waals surface area (Å²) >= 11 is 1.66. The largest absolute Gasteiger partial charge is 0.357 e. The first-order chi connectivity index (χ1) is 5.45. The van der Waals surface area contributed by atoms with Gasteiger partial charge in [0.25, 0.3) is 0 Å². The Hall–Kier alpha value is -0.610. The van der Waals surface area contributed by atoms with Crippen molar-refractivity contribution in [2.24, 2.45) is 0 Å². The minimum Gasteiger partial charge on any atom is -0.357 e. The Morgan fingerprint density at radius 3 is 3.36 bits per heavy atom. The zero-order valence-corrected chi connectivity index (χ0v) is 7.03. The normalized spacial score (nSPS) is 23.8. The first kappa shape index (κ1) is 7.06. The van der Waals surface area contributed by atoms with Crippen LogP contribution in [-0.4, -0.2) is 24.1 Å². The number of nitrogens with one attached hydrogen (secondary N) is 2. The standard InChI is InChI=1S/C7H11N3S/c1-2-8-5-6(1)10-7-9-3-4-11-7/h3-4,6,8H,1-2,5H2,(H,9,10)/t6-/m1/s1. The van der Waals surface area contributed by atoms with Crippen molar-refractivity contribution in [2.75, 3.05) is 18.4 Å². The van der Waals surface area contributed by atoms with Gasteiger partial charge in [0.2, 0.25) is 0 Å². The Bertz CT molecular complexity index is 203. The molecule has 1 aliphatic rings. The second-order valence-electron chi connectivity index (χ2n) is 2.67. The van der Waals surface area contributed by atoms with E-state index in [1.54, 1.807) is 11.3 Å². The van der Waals surface area contributed by atoms with Gasteiger partial charge in [-0.3, -0.25) is 0 Å². The van der Waals surface area contributed by atoms with Crippen molar-refractivity contribution in [3.63, 3.8) is 0 Å². The molecule has 0 spiro atoms. The number of aromatic nitrogens is 1. The highest BCUT2D eigenvalue weighted by molar-refractivity contribution is 7.13. The Labute approximate surface area is 69.8 Å². The van der Waals surface area contributed by atoms with E-state index in [2.05, 4.69) is 15.6 Å². The van der Waals surface area contributed by atoms with Gasteiger partial charge in [0.15, 0.2) is 5.13 Å². The summed E-state index contributed by atoms with van der Waals surface area (Å²) in [6.45, 7) is 2.20. The molecule has 1 fully saturated rings. The smallest absolute Gasteiger partial charge is 0.182 e. The van der Waals surface area contributed by atoms with E-state index in [1.807, 2.05) is 11.6 Å². The molecular formula is C7H11N3S. The van der Waals surface area contributed by atoms with Crippen LogP contribution in [0.4, 0.5) is 5.13 Å². The van der Waals surface area contributed by atoms with Gasteiger partial charge in [0.1, 0.15) is 0 Å². The van der Waals surface area contributed by atoms with Crippen molar-refractivity contribution in [2.45, 2.75) is 12.5 Å². The van der Waals surface area contributed by atoms with E-state index >= 15 is 0 Å². The molecule has 1 aromatic heterocycles. The lowest BCUT2D eigenvalue weighted by Crippen LogP contribution is -2.21. The van der Waals surface area contributed by atoms with Crippen LogP contribution in [0.15, 0.2) is 11.6 Å². The molecule has 1 aliphatic heterocycles. The molecule has 11 heavy (non-hydrogen) atoms. The quantitative estimate of drug-likeness (QED) is 0.691. The first-order valence-corrected chi connectivity index (χ1v) is 4.70. The predicted octanol–water partition coefficient (Wildman–Crippen LogP) is 0.917. The zero-order chi connectivity index (χ0) is 7.52. The van der Waals surface area contributed by atoms with Gasteiger partial charge in [-0.05, 0) is 13.0 Å². The van der Waals surface area contributed by atoms with Crippen LogP contribution < -0.4 is 10.6 Å². The summed E-state index contributed by atoms with van der Waals surface area (Å²) in [6.07, 6.45) is 3.04. The maximum Gasteiger partial charge on any atom is 0.182 e. The van der Waals surface area contributed by atoms with Crippen molar-refractivity contribution in [3.8, 4) is 0 Å². The SMILES string of the molecule is c1csc(N[C@@H]2CCNC2)n1. The Morgan fingerprint density at radius 2 is 2.73 bits per heavy atom. The molecule has 2 N–H and O–H groups in total. The molecule has 1 atom stereocenters. The Balaban J connectivity index is 1.90. The average molecular weight is 169 g/mol. The second-order valence-corrected chi connectivity index (χ2v) is 3.57. The van der Waals surface area contributed by atoms with Gasteiger partial charge in [-0.15, -0.1) is 11.3 Å². The summed E-state index contributed by atoms with van der Waals surface area (Å²) in [5.74, 6) is 0. The third-order valence-electron chi connectivity index (χ3n) is 1.82. The molecule has 2 rings (SSSR count). The Kier molecular flexibility index (Phi) is 2.05. The van der Waals surface area contributed by atoms with Crippen molar-refractivity contribution < 1.29 is 0 Å². The molecule has 4 heteroatoms. The van der Waals surface area contributed by atoms with E-state index in [-0.39, 0.29) is 0 Å². The molecule has 0 amide bonds. The van der Waals surface area contributed by atoms with Gasteiger partial charge in [-0.2, -0.15) is 0 Å². The van der Waals surface area contributed by atoms with Crippen LogP contribution in [0.3, 0.4) is 0 Å². The highest BCUT2D eigenvalue weighted by Gasteiger charge is 2.13. The van der Waals surface area contributed by atoms with E-state index in [9.17, 15) is 0 Å². The van der Waals surface area contributed by atoms with Gasteiger partial charge in [-0.1, -0.05) is 0 Å². The Morgan fingerprint density at radius 1 is 1.73 bits per heavy atom. The summed E-state index contributed by atoms with van der Waals surface area (Å²) in [5, 5.41) is 9.70. The molecule has 0 aliphatic carbocycles. The van der Waals surface area contributed by atoms with Crippen LogP contribution in [0, 0.1) is 0 Å². The van der Waals surface area contributed by atoms with E-state index in [0.29, 0.717) is 6.04 Å². The molecule has 1 aromatic rings. The van der Waals surface area contributed by atoms with Gasteiger partial charge >= 0.3 is 0 Å². The maximum atomic E-state index is 4.16. The van der Waals surface area contributed by atoms with Gasteiger partial charge < -0.3 is 10.6 Å². The third kappa shape index (κ3) is 1.70. The minimum absolute atomic E-state index is 0.584. The van der Waals surface area contributed by atoms with E-state index in [1.165, 1.54) is 6.42 Å². The molecule has 0 aromatic carbocycles. The van der Waals surface area contributed by atoms with Gasteiger partial charge in [0, 0.05) is 24.2 Å². The lowest BCUT2D eigenvalue weighted by Gasteiger charge is -2.08. The fourth-order valence-electron chi connectivity index (χ4n) is 1.25. The topological polar surface area (TPSA) is 37.0 Å². The van der Waals surface area contributed by atoms with Crippen LogP contribution in [0.1, 0.15) is 6.42 Å². The lowest BCUT2D eigenvalue weighted by atomic mass is 10.3. The fraction of sp³-hybridized carbons (Fsp3) is 0.571. The molecule has 0 radical (unpaired) electrons. The van der Waals surface area contributed by atoms with Gasteiger partial charge in [0.05, 0.1) is 0 Å². The van der Waals surface area contributed by atoms with E-state index < -0.39 is 0 Å². The van der Waals surface area contributed by atoms with Crippen LogP contribution >= 0.6 is 11.3 Å². The average Bonchev–Trinajstić information content (AvgIpc) is 2.60. The van der Waals surface area contributed by atoms with E-state index in [4.69, 9.17) is 0 Å². The highest BCUT2D eigenvalue weighted by Crippen LogP contribution is 2.13. The molecule has 0 unspecified atom stereocenters. The summed E-state index contributed by atoms with van der Waals surface area (Å²) in [5.41, 5.74) is 0. The summed E-state index contributed by atoms with van der Waals surface area (Å²) in [4.78, 5) is 4.16. The lowest BCUT2D eigenvalue weighted by molar-refractivity contribution is 0.792. The molecule has 3 nitrogen and oxygen atoms in total. The number of nitrogens with zero attached hydrogens (tertiary/aromatic N) is 1. The van der Waals surface area contributed by atoms with Crippen molar-refractivity contribution >= 4 is 16.5 Å². The van der Waals surface area contributed by atoms with Crippen molar-refractivity contribution in [3.05, 3.63) is 11.6 Å². The summed E-state index contributed by atoms with van der Waals surface area (Å²) in [6, 6.07) is 0.584. The number of thiazole rings is 1. The van der Waals surface area contributed by atoms with Crippen molar-refractivity contribution in [1.82, 2.24) is 10.3 Å². The number of hydrogen-bond donors (Lipinski definition) is 2. The van der Waals surface area contributed by atoms with Crippen LogP contribution in [-0.2, 0) is 0 Å². The zero-order valence-electron chi connectivity index (χ0n) is 6.21. The van der Waals surface area contributed by atoms with Crippen LogP contribution in [0.25, 0.3) is 0 Å². The maximum absolute atomic E-state index is 4.16. The number of hydrogen-bond acceptors (Lipinski definition) is 4.